The predicted octanol–water partition coefficient (Wildman–Crippen LogP) is 1.22. The second kappa shape index (κ2) is 4.62. The minimum Gasteiger partial charge on any atom is -0.476 e. The van der Waals surface area contributed by atoms with Crippen LogP contribution in [0.5, 0.6) is 0 Å². The number of carboxylic acid groups (broad SMARTS) is 1. The van der Waals surface area contributed by atoms with Crippen molar-refractivity contribution in [1.82, 2.24) is 25.1 Å². The van der Waals surface area contributed by atoms with Crippen molar-refractivity contribution in [2.45, 2.75) is 31.7 Å². The van der Waals surface area contributed by atoms with Crippen molar-refractivity contribution < 1.29 is 23.2 Å². The van der Waals surface area contributed by atoms with Gasteiger partial charge in [-0.25, -0.2) is 18.3 Å². The monoisotopic (exact) mass is 285 g/mol. The normalized spacial score (nSPS) is 14.9. The lowest BCUT2D eigenvalue weighted by Crippen LogP contribution is -2.10. The smallest absolute Gasteiger partial charge is 0.358 e. The molecule has 0 atom stereocenters. The van der Waals surface area contributed by atoms with Crippen LogP contribution in [0.2, 0.25) is 0 Å². The molecule has 8 nitrogen and oxygen atoms in total. The molecule has 20 heavy (non-hydrogen) atoms. The summed E-state index contributed by atoms with van der Waals surface area (Å²) in [6, 6.07) is 0. The van der Waals surface area contributed by atoms with Crippen LogP contribution >= 0.6 is 0 Å². The highest BCUT2D eigenvalue weighted by atomic mass is 19.3. The summed E-state index contributed by atoms with van der Waals surface area (Å²) in [4.78, 5) is 14.9. The first kappa shape index (κ1) is 12.6. The van der Waals surface area contributed by atoms with E-state index in [4.69, 9.17) is 9.63 Å². The Balaban J connectivity index is 1.87. The molecule has 3 rings (SSSR count). The van der Waals surface area contributed by atoms with Crippen LogP contribution in [0.3, 0.4) is 0 Å². The molecule has 0 aliphatic heterocycles. The maximum atomic E-state index is 12.9. The molecule has 1 fully saturated rings. The van der Waals surface area contributed by atoms with Gasteiger partial charge in [0.25, 0.3) is 6.43 Å². The number of nitrogens with zero attached hydrogens (tertiary/aromatic N) is 5. The Labute approximate surface area is 110 Å². The summed E-state index contributed by atoms with van der Waals surface area (Å²) < 4.78 is 31.5. The molecule has 0 bridgehead atoms. The predicted molar refractivity (Wildman–Crippen MR) is 57.3 cm³/mol. The minimum absolute atomic E-state index is 0.0932. The Hall–Kier alpha value is -2.39. The van der Waals surface area contributed by atoms with Gasteiger partial charge in [0.1, 0.15) is 12.2 Å². The molecule has 10 heteroatoms. The van der Waals surface area contributed by atoms with E-state index in [-0.39, 0.29) is 18.4 Å². The van der Waals surface area contributed by atoms with Gasteiger partial charge in [-0.1, -0.05) is 10.4 Å². The highest BCUT2D eigenvalue weighted by Crippen LogP contribution is 2.38. The fourth-order valence-corrected chi connectivity index (χ4v) is 1.77. The molecular formula is C10H9F2N5O3. The zero-order chi connectivity index (χ0) is 14.3. The van der Waals surface area contributed by atoms with Crippen LogP contribution in [-0.4, -0.2) is 36.2 Å². The van der Waals surface area contributed by atoms with Crippen LogP contribution in [0.25, 0.3) is 0 Å². The Morgan fingerprint density at radius 3 is 2.85 bits per heavy atom. The second-order valence-corrected chi connectivity index (χ2v) is 4.41. The molecule has 2 heterocycles. The Morgan fingerprint density at radius 1 is 1.50 bits per heavy atom. The van der Waals surface area contributed by atoms with Crippen molar-refractivity contribution in [3.8, 4) is 0 Å². The Bertz CT molecular complexity index is 649. The summed E-state index contributed by atoms with van der Waals surface area (Å²) in [6.07, 6.45) is -1.05. The molecule has 106 valence electrons. The molecule has 1 saturated carbocycles. The van der Waals surface area contributed by atoms with Crippen molar-refractivity contribution in [1.29, 1.82) is 0 Å². The average Bonchev–Trinajstić information content (AvgIpc) is 2.98. The van der Waals surface area contributed by atoms with Crippen molar-refractivity contribution >= 4 is 5.97 Å². The molecule has 0 radical (unpaired) electrons. The number of aromatic nitrogens is 5. The standard InChI is InChI=1S/C10H9F2N5O3/c11-8(12)7-6(10(18)19)14-16-17(7)3-5-13-9(15-20-5)4-1-2-4/h4,8H,1-3H2,(H,18,19). The van der Waals surface area contributed by atoms with Crippen LogP contribution in [0, 0.1) is 0 Å². The summed E-state index contributed by atoms with van der Waals surface area (Å²) in [7, 11) is 0. The van der Waals surface area contributed by atoms with Crippen molar-refractivity contribution in [3.05, 3.63) is 23.1 Å². The van der Waals surface area contributed by atoms with Crippen LogP contribution < -0.4 is 0 Å². The van der Waals surface area contributed by atoms with Gasteiger partial charge in [0.15, 0.2) is 11.5 Å². The van der Waals surface area contributed by atoms with E-state index in [1.165, 1.54) is 0 Å². The molecule has 2 aromatic rings. The summed E-state index contributed by atoms with van der Waals surface area (Å²) in [5.74, 6) is -0.657. The first-order valence-electron chi connectivity index (χ1n) is 5.83. The third kappa shape index (κ3) is 2.24. The molecule has 1 aliphatic carbocycles. The molecule has 0 aromatic carbocycles. The van der Waals surface area contributed by atoms with E-state index in [0.717, 1.165) is 17.5 Å². The first-order valence-corrected chi connectivity index (χ1v) is 5.83. The molecule has 2 aromatic heterocycles. The zero-order valence-corrected chi connectivity index (χ0v) is 10.0. The highest BCUT2D eigenvalue weighted by Gasteiger charge is 2.30. The first-order chi connectivity index (χ1) is 9.56. The third-order valence-electron chi connectivity index (χ3n) is 2.89. The minimum atomic E-state index is -3.01. The number of carbonyl (C=O) groups is 1. The lowest BCUT2D eigenvalue weighted by Gasteiger charge is -2.02. The van der Waals surface area contributed by atoms with Gasteiger partial charge in [-0.2, -0.15) is 4.98 Å². The van der Waals surface area contributed by atoms with Crippen molar-refractivity contribution in [3.63, 3.8) is 0 Å². The van der Waals surface area contributed by atoms with Crippen LogP contribution in [0.1, 0.15) is 53.1 Å². The second-order valence-electron chi connectivity index (χ2n) is 4.41. The van der Waals surface area contributed by atoms with Crippen molar-refractivity contribution in [2.24, 2.45) is 0 Å². The van der Waals surface area contributed by atoms with Gasteiger partial charge in [0.2, 0.25) is 5.89 Å². The maximum Gasteiger partial charge on any atom is 0.358 e. The molecule has 0 saturated heterocycles. The number of hydrogen-bond donors (Lipinski definition) is 1. The summed E-state index contributed by atoms with van der Waals surface area (Å²) >= 11 is 0. The fourth-order valence-electron chi connectivity index (χ4n) is 1.77. The largest absolute Gasteiger partial charge is 0.476 e. The van der Waals surface area contributed by atoms with E-state index in [2.05, 4.69) is 20.5 Å². The van der Waals surface area contributed by atoms with E-state index >= 15 is 0 Å². The van der Waals surface area contributed by atoms with E-state index in [9.17, 15) is 13.6 Å². The van der Waals surface area contributed by atoms with Gasteiger partial charge >= 0.3 is 5.97 Å². The number of hydrogen-bond acceptors (Lipinski definition) is 6. The third-order valence-corrected chi connectivity index (χ3v) is 2.89. The van der Waals surface area contributed by atoms with Crippen LogP contribution in [0.4, 0.5) is 8.78 Å². The molecule has 1 N–H and O–H groups in total. The lowest BCUT2D eigenvalue weighted by molar-refractivity contribution is 0.0675. The number of halogens is 2. The summed E-state index contributed by atoms with van der Waals surface area (Å²) in [6.45, 7) is -0.236. The highest BCUT2D eigenvalue weighted by molar-refractivity contribution is 5.86. The van der Waals surface area contributed by atoms with Crippen LogP contribution in [-0.2, 0) is 6.54 Å². The molecule has 0 amide bonds. The van der Waals surface area contributed by atoms with Gasteiger partial charge in [-0.3, -0.25) is 0 Å². The Morgan fingerprint density at radius 2 is 2.25 bits per heavy atom. The Kier molecular flexibility index (Phi) is 2.92. The van der Waals surface area contributed by atoms with Gasteiger partial charge in [0, 0.05) is 5.92 Å². The van der Waals surface area contributed by atoms with Gasteiger partial charge in [-0.05, 0) is 12.8 Å². The summed E-state index contributed by atoms with van der Waals surface area (Å²) in [5.41, 5.74) is -1.55. The number of alkyl halides is 2. The lowest BCUT2D eigenvalue weighted by atomic mass is 10.3. The number of rotatable bonds is 5. The van der Waals surface area contributed by atoms with Gasteiger partial charge < -0.3 is 9.63 Å². The van der Waals surface area contributed by atoms with Crippen LogP contribution in [0.15, 0.2) is 4.52 Å². The SMILES string of the molecule is O=C(O)c1nnn(Cc2nc(C3CC3)no2)c1C(F)F. The maximum absolute atomic E-state index is 12.9. The molecule has 0 spiro atoms. The number of carboxylic acids is 1. The van der Waals surface area contributed by atoms with Crippen molar-refractivity contribution in [2.75, 3.05) is 0 Å². The fraction of sp³-hybridized carbons (Fsp3) is 0.500. The zero-order valence-electron chi connectivity index (χ0n) is 10.0. The summed E-state index contributed by atoms with van der Waals surface area (Å²) in [5, 5.41) is 19.2. The molecule has 0 unspecified atom stereocenters. The number of aromatic carboxylic acids is 1. The van der Waals surface area contributed by atoms with E-state index in [0.29, 0.717) is 5.82 Å². The van der Waals surface area contributed by atoms with Gasteiger partial charge in [0.05, 0.1) is 0 Å². The molecular weight excluding hydrogens is 276 g/mol. The average molecular weight is 285 g/mol. The van der Waals surface area contributed by atoms with E-state index in [1.54, 1.807) is 0 Å². The van der Waals surface area contributed by atoms with E-state index in [1.807, 2.05) is 0 Å². The van der Waals surface area contributed by atoms with E-state index < -0.39 is 23.8 Å². The quantitative estimate of drug-likeness (QED) is 0.880. The topological polar surface area (TPSA) is 107 Å². The molecule has 1 aliphatic rings. The van der Waals surface area contributed by atoms with Gasteiger partial charge in [-0.15, -0.1) is 5.10 Å².